The Morgan fingerprint density at radius 1 is 1.50 bits per heavy atom. The molecule has 4 N–H and O–H groups in total. The minimum absolute atomic E-state index is 0.0473. The van der Waals surface area contributed by atoms with Crippen LogP contribution in [0.15, 0.2) is 4.79 Å². The lowest BCUT2D eigenvalue weighted by molar-refractivity contribution is -0.152. The summed E-state index contributed by atoms with van der Waals surface area (Å²) in [7, 11) is 0. The van der Waals surface area contributed by atoms with Crippen LogP contribution in [0, 0.1) is 6.42 Å². The molecule has 1 fully saturated rings. The number of nitrogen functional groups attached to an aromatic ring is 1. The molecule has 0 saturated carbocycles. The summed E-state index contributed by atoms with van der Waals surface area (Å²) in [6.07, 6.45) is -1.18. The van der Waals surface area contributed by atoms with Crippen LogP contribution in [0.5, 0.6) is 5.88 Å². The predicted molar refractivity (Wildman–Crippen MR) is 88.4 cm³/mol. The van der Waals surface area contributed by atoms with E-state index in [9.17, 15) is 19.5 Å². The summed E-state index contributed by atoms with van der Waals surface area (Å²) in [6, 6.07) is 0. The number of nitrogens with two attached hydrogens (primary N) is 1. The van der Waals surface area contributed by atoms with Crippen LogP contribution in [-0.2, 0) is 19.1 Å². The van der Waals surface area contributed by atoms with Crippen LogP contribution in [0.4, 0.5) is 5.95 Å². The molecule has 1 aliphatic rings. The van der Waals surface area contributed by atoms with E-state index in [1.54, 1.807) is 0 Å². The zero-order valence-corrected chi connectivity index (χ0v) is 14.3. The molecule has 1 aliphatic heterocycles. The van der Waals surface area contributed by atoms with Gasteiger partial charge in [0.2, 0.25) is 11.8 Å². The lowest BCUT2D eigenvalue weighted by Crippen LogP contribution is -2.30. The van der Waals surface area contributed by atoms with Crippen LogP contribution in [-0.4, -0.2) is 48.9 Å². The summed E-state index contributed by atoms with van der Waals surface area (Å²) in [4.78, 5) is 41.6. The molecular formula is C14H15N4O7S. The molecule has 3 heterocycles. The second kappa shape index (κ2) is 6.88. The zero-order chi connectivity index (χ0) is 19.0. The van der Waals surface area contributed by atoms with Crippen molar-refractivity contribution >= 4 is 39.6 Å². The van der Waals surface area contributed by atoms with Crippen LogP contribution >= 0.6 is 11.3 Å². The highest BCUT2D eigenvalue weighted by molar-refractivity contribution is 7.16. The summed E-state index contributed by atoms with van der Waals surface area (Å²) < 4.78 is 12.2. The topological polar surface area (TPSA) is 167 Å². The van der Waals surface area contributed by atoms with Crippen LogP contribution in [0.1, 0.15) is 26.0 Å². The van der Waals surface area contributed by atoms with Crippen molar-refractivity contribution in [2.24, 2.45) is 0 Å². The standard InChI is InChI=1S/C14H15N4O7S/c1-5(19)24-7-4-6(2-3-8(20)21)25-12(7)18-10-9(26-14(18)23)11(22)17-13(15)16-10/h2,6-7,12H,3-4H2,1H3,(H,20,21)(H3,15,16,17,22). The third kappa shape index (κ3) is 3.46. The average molecular weight is 383 g/mol. The Morgan fingerprint density at radius 3 is 2.88 bits per heavy atom. The number of thiazole rings is 1. The molecule has 0 aliphatic carbocycles. The first-order chi connectivity index (χ1) is 12.3. The maximum Gasteiger partial charge on any atom is 0.311 e. The number of hydrogen-bond acceptors (Lipinski definition) is 10. The van der Waals surface area contributed by atoms with Crippen molar-refractivity contribution in [1.82, 2.24) is 14.5 Å². The molecule has 1 radical (unpaired) electrons. The van der Waals surface area contributed by atoms with Crippen LogP contribution in [0.2, 0.25) is 0 Å². The molecule has 2 aromatic rings. The van der Waals surface area contributed by atoms with E-state index in [1.807, 2.05) is 0 Å². The highest BCUT2D eigenvalue weighted by Crippen LogP contribution is 2.36. The van der Waals surface area contributed by atoms with Gasteiger partial charge in [-0.15, -0.1) is 0 Å². The third-order valence-corrected chi connectivity index (χ3v) is 4.63. The SMILES string of the molecule is CC(=O)OC1CC([CH]CC(=O)O)OC1n1c(=O)sc2c(O)nc(N)nc21. The number of rotatable bonds is 5. The van der Waals surface area contributed by atoms with Gasteiger partial charge in [-0.1, -0.05) is 11.3 Å². The smallest absolute Gasteiger partial charge is 0.311 e. The number of carboxylic acids is 1. The van der Waals surface area contributed by atoms with Crippen molar-refractivity contribution in [1.29, 1.82) is 0 Å². The number of fused-ring (bicyclic) bond motifs is 1. The Kier molecular flexibility index (Phi) is 4.78. The molecule has 11 nitrogen and oxygen atoms in total. The number of carbonyl (C=O) groups excluding carboxylic acids is 1. The number of nitrogens with zero attached hydrogens (tertiary/aromatic N) is 3. The van der Waals surface area contributed by atoms with E-state index in [0.29, 0.717) is 11.3 Å². The van der Waals surface area contributed by atoms with Gasteiger partial charge in [-0.3, -0.25) is 19.0 Å². The fraction of sp³-hybridized carbons (Fsp3) is 0.429. The number of carboxylic acid groups (broad SMARTS) is 1. The van der Waals surface area contributed by atoms with Gasteiger partial charge in [-0.25, -0.2) is 0 Å². The van der Waals surface area contributed by atoms with Crippen LogP contribution < -0.4 is 10.6 Å². The van der Waals surface area contributed by atoms with Gasteiger partial charge in [-0.05, 0) is 0 Å². The van der Waals surface area contributed by atoms with Gasteiger partial charge in [0.1, 0.15) is 10.8 Å². The second-order valence-corrected chi connectivity index (χ2v) is 6.54. The number of carbonyl (C=O) groups is 2. The summed E-state index contributed by atoms with van der Waals surface area (Å²) in [5.41, 5.74) is 5.58. The first-order valence-corrected chi connectivity index (χ1v) is 8.33. The molecule has 0 spiro atoms. The highest BCUT2D eigenvalue weighted by atomic mass is 32.1. The lowest BCUT2D eigenvalue weighted by Gasteiger charge is -2.19. The minimum atomic E-state index is -1.04. The van der Waals surface area contributed by atoms with Gasteiger partial charge in [0.25, 0.3) is 0 Å². The van der Waals surface area contributed by atoms with Gasteiger partial charge in [0.15, 0.2) is 11.9 Å². The number of ether oxygens (including phenoxy) is 2. The molecule has 26 heavy (non-hydrogen) atoms. The summed E-state index contributed by atoms with van der Waals surface area (Å²) in [6.45, 7) is 1.21. The zero-order valence-electron chi connectivity index (χ0n) is 13.5. The Labute approximate surface area is 150 Å². The van der Waals surface area contributed by atoms with Crippen molar-refractivity contribution in [2.75, 3.05) is 5.73 Å². The molecular weight excluding hydrogens is 368 g/mol. The molecule has 1 saturated heterocycles. The summed E-state index contributed by atoms with van der Waals surface area (Å²) in [5, 5.41) is 18.7. The van der Waals surface area contributed by atoms with Crippen molar-refractivity contribution < 1.29 is 29.3 Å². The molecule has 0 bridgehead atoms. The van der Waals surface area contributed by atoms with Gasteiger partial charge in [0.05, 0.1) is 12.5 Å². The number of aliphatic carboxylic acids is 1. The quantitative estimate of drug-likeness (QED) is 0.600. The van der Waals surface area contributed by atoms with Gasteiger partial charge in [-0.2, -0.15) is 9.97 Å². The summed E-state index contributed by atoms with van der Waals surface area (Å²) in [5.74, 6) is -2.29. The first-order valence-electron chi connectivity index (χ1n) is 7.51. The largest absolute Gasteiger partial charge is 0.492 e. The number of hydrogen-bond donors (Lipinski definition) is 3. The van der Waals surface area contributed by atoms with Crippen molar-refractivity contribution in [3.63, 3.8) is 0 Å². The van der Waals surface area contributed by atoms with Gasteiger partial charge in [0, 0.05) is 19.8 Å². The lowest BCUT2D eigenvalue weighted by atomic mass is 10.1. The second-order valence-electron chi connectivity index (χ2n) is 5.58. The monoisotopic (exact) mass is 383 g/mol. The van der Waals surface area contributed by atoms with E-state index >= 15 is 0 Å². The fourth-order valence-corrected chi connectivity index (χ4v) is 3.58. The summed E-state index contributed by atoms with van der Waals surface area (Å²) >= 11 is 0.693. The van der Waals surface area contributed by atoms with E-state index in [1.165, 1.54) is 13.3 Å². The number of anilines is 1. The third-order valence-electron chi connectivity index (χ3n) is 3.69. The Balaban J connectivity index is 2.00. The molecule has 3 atom stereocenters. The van der Waals surface area contributed by atoms with Crippen LogP contribution in [0.25, 0.3) is 10.3 Å². The van der Waals surface area contributed by atoms with E-state index in [2.05, 4.69) is 9.97 Å². The maximum absolute atomic E-state index is 12.4. The normalized spacial score (nSPS) is 22.6. The van der Waals surface area contributed by atoms with Gasteiger partial charge >= 0.3 is 16.8 Å². The van der Waals surface area contributed by atoms with E-state index in [-0.39, 0.29) is 29.1 Å². The maximum atomic E-state index is 12.4. The molecule has 3 rings (SSSR count). The molecule has 2 aromatic heterocycles. The van der Waals surface area contributed by atoms with Crippen molar-refractivity contribution in [2.45, 2.75) is 38.2 Å². The van der Waals surface area contributed by atoms with Crippen molar-refractivity contribution in [3.05, 3.63) is 16.1 Å². The van der Waals surface area contributed by atoms with E-state index in [0.717, 1.165) is 4.57 Å². The van der Waals surface area contributed by atoms with Crippen LogP contribution in [0.3, 0.4) is 0 Å². The number of esters is 1. The Morgan fingerprint density at radius 2 is 2.23 bits per heavy atom. The van der Waals surface area contributed by atoms with E-state index in [4.69, 9.17) is 20.3 Å². The number of aromatic nitrogens is 3. The van der Waals surface area contributed by atoms with Gasteiger partial charge < -0.3 is 25.4 Å². The molecule has 12 heteroatoms. The minimum Gasteiger partial charge on any atom is -0.492 e. The highest BCUT2D eigenvalue weighted by Gasteiger charge is 2.41. The van der Waals surface area contributed by atoms with E-state index < -0.39 is 41.1 Å². The molecule has 3 unspecified atom stereocenters. The molecule has 139 valence electrons. The predicted octanol–water partition coefficient (Wildman–Crippen LogP) is 0.0390. The first kappa shape index (κ1) is 18.1. The fourth-order valence-electron chi connectivity index (χ4n) is 2.74. The Hall–Kier alpha value is -2.73. The molecule has 0 aromatic carbocycles. The number of aromatic hydroxyl groups is 1. The van der Waals surface area contributed by atoms with Crippen molar-refractivity contribution in [3.8, 4) is 5.88 Å². The molecule has 0 amide bonds. The Bertz CT molecular complexity index is 924. The average Bonchev–Trinajstić information content (AvgIpc) is 3.05.